The standard InChI is InChI=1S/C23H25FN2O4S2/c1-13(2)20-10-15(8-9-26(20)23(27)28)14-4-7-19-21(11-14)31-22(25-19)17-6-5-16(12-18(17)24)32(3,29)30/h4-7,11-13,15,20H,8-10H2,1-3H3,(H,27,28). The number of sulfone groups is 1. The van der Waals surface area contributed by atoms with Crippen LogP contribution in [0.25, 0.3) is 20.8 Å². The molecule has 32 heavy (non-hydrogen) atoms. The quantitative estimate of drug-likeness (QED) is 0.546. The zero-order valence-corrected chi connectivity index (χ0v) is 19.7. The van der Waals surface area contributed by atoms with Gasteiger partial charge in [-0.1, -0.05) is 19.9 Å². The fourth-order valence-corrected chi connectivity index (χ4v) is 6.05. The molecule has 170 valence electrons. The number of hydrogen-bond donors (Lipinski definition) is 1. The Bertz CT molecular complexity index is 1290. The summed E-state index contributed by atoms with van der Waals surface area (Å²) in [6, 6.07) is 9.87. The molecule has 3 aromatic rings. The lowest BCUT2D eigenvalue weighted by Crippen LogP contribution is -2.47. The number of hydrogen-bond acceptors (Lipinski definition) is 5. The van der Waals surface area contributed by atoms with Crippen LogP contribution in [0.4, 0.5) is 9.18 Å². The van der Waals surface area contributed by atoms with E-state index < -0.39 is 21.7 Å². The molecule has 2 unspecified atom stereocenters. The number of amides is 1. The summed E-state index contributed by atoms with van der Waals surface area (Å²) in [6.45, 7) is 4.60. The van der Waals surface area contributed by atoms with Crippen molar-refractivity contribution in [1.82, 2.24) is 9.88 Å². The zero-order valence-electron chi connectivity index (χ0n) is 18.1. The molecule has 2 aromatic carbocycles. The molecule has 0 aliphatic carbocycles. The Balaban J connectivity index is 1.64. The van der Waals surface area contributed by atoms with Crippen LogP contribution in [0.2, 0.25) is 0 Å². The van der Waals surface area contributed by atoms with E-state index in [0.717, 1.165) is 40.9 Å². The molecule has 6 nitrogen and oxygen atoms in total. The average molecular weight is 477 g/mol. The van der Waals surface area contributed by atoms with Gasteiger partial charge in [0.2, 0.25) is 0 Å². The molecule has 1 fully saturated rings. The van der Waals surface area contributed by atoms with Gasteiger partial charge < -0.3 is 10.0 Å². The van der Waals surface area contributed by atoms with Gasteiger partial charge in [-0.3, -0.25) is 0 Å². The van der Waals surface area contributed by atoms with E-state index in [4.69, 9.17) is 0 Å². The predicted molar refractivity (Wildman–Crippen MR) is 123 cm³/mol. The SMILES string of the molecule is CC(C)C1CC(c2ccc3nc(-c4ccc(S(C)(=O)=O)cc4F)sc3c2)CCN1C(=O)O. The third kappa shape index (κ3) is 4.36. The number of fused-ring (bicyclic) bond motifs is 1. The lowest BCUT2D eigenvalue weighted by Gasteiger charge is -2.40. The first kappa shape index (κ1) is 22.7. The van der Waals surface area contributed by atoms with Crippen LogP contribution in [0, 0.1) is 11.7 Å². The highest BCUT2D eigenvalue weighted by atomic mass is 32.2. The minimum Gasteiger partial charge on any atom is -0.465 e. The highest BCUT2D eigenvalue weighted by Crippen LogP contribution is 2.38. The van der Waals surface area contributed by atoms with E-state index in [1.54, 1.807) is 4.90 Å². The van der Waals surface area contributed by atoms with Crippen LogP contribution < -0.4 is 0 Å². The summed E-state index contributed by atoms with van der Waals surface area (Å²) in [5.41, 5.74) is 2.16. The molecule has 0 spiro atoms. The third-order valence-electron chi connectivity index (χ3n) is 6.14. The second-order valence-corrected chi connectivity index (χ2v) is 11.7. The van der Waals surface area contributed by atoms with Crippen LogP contribution in [0.1, 0.15) is 38.2 Å². The Morgan fingerprint density at radius 2 is 2.00 bits per heavy atom. The fourth-order valence-electron chi connectivity index (χ4n) is 4.38. The second kappa shape index (κ2) is 8.44. The molecular weight excluding hydrogens is 451 g/mol. The van der Waals surface area contributed by atoms with Crippen LogP contribution in [0.5, 0.6) is 0 Å². The number of thiazole rings is 1. The lowest BCUT2D eigenvalue weighted by molar-refractivity contribution is 0.0828. The van der Waals surface area contributed by atoms with Gasteiger partial charge in [0, 0.05) is 24.4 Å². The maximum atomic E-state index is 14.6. The zero-order chi connectivity index (χ0) is 23.2. The Morgan fingerprint density at radius 1 is 1.25 bits per heavy atom. The van der Waals surface area contributed by atoms with Gasteiger partial charge in [-0.2, -0.15) is 0 Å². The Labute approximate surface area is 190 Å². The summed E-state index contributed by atoms with van der Waals surface area (Å²) < 4.78 is 38.9. The van der Waals surface area contributed by atoms with E-state index in [9.17, 15) is 22.7 Å². The molecule has 1 aliphatic rings. The summed E-state index contributed by atoms with van der Waals surface area (Å²) in [6.07, 6.45) is 1.70. The number of rotatable bonds is 4. The number of benzene rings is 2. The fraction of sp³-hybridized carbons (Fsp3) is 0.391. The van der Waals surface area contributed by atoms with Gasteiger partial charge >= 0.3 is 6.09 Å². The minimum absolute atomic E-state index is 0.0265. The van der Waals surface area contributed by atoms with Crippen molar-refractivity contribution in [2.75, 3.05) is 12.8 Å². The van der Waals surface area contributed by atoms with Crippen LogP contribution in [-0.4, -0.2) is 48.3 Å². The summed E-state index contributed by atoms with van der Waals surface area (Å²) in [5.74, 6) is -0.141. The summed E-state index contributed by atoms with van der Waals surface area (Å²) >= 11 is 1.36. The molecule has 1 amide bonds. The molecule has 1 saturated heterocycles. The molecule has 0 saturated carbocycles. The van der Waals surface area contributed by atoms with Gasteiger partial charge in [-0.15, -0.1) is 11.3 Å². The Hall–Kier alpha value is -2.52. The van der Waals surface area contributed by atoms with Crippen LogP contribution >= 0.6 is 11.3 Å². The monoisotopic (exact) mass is 476 g/mol. The molecule has 1 aromatic heterocycles. The second-order valence-electron chi connectivity index (χ2n) is 8.67. The molecule has 1 N–H and O–H groups in total. The lowest BCUT2D eigenvalue weighted by atomic mass is 9.81. The first-order valence-corrected chi connectivity index (χ1v) is 13.2. The maximum Gasteiger partial charge on any atom is 0.407 e. The molecule has 1 aliphatic heterocycles. The van der Waals surface area contributed by atoms with Crippen molar-refractivity contribution in [3.8, 4) is 10.6 Å². The smallest absolute Gasteiger partial charge is 0.407 e. The van der Waals surface area contributed by atoms with Crippen molar-refractivity contribution in [3.05, 3.63) is 47.8 Å². The average Bonchev–Trinajstić information content (AvgIpc) is 3.15. The third-order valence-corrected chi connectivity index (χ3v) is 8.30. The minimum atomic E-state index is -3.48. The molecule has 0 radical (unpaired) electrons. The van der Waals surface area contributed by atoms with Crippen molar-refractivity contribution < 1.29 is 22.7 Å². The van der Waals surface area contributed by atoms with Gasteiger partial charge in [0.25, 0.3) is 0 Å². The number of nitrogens with zero attached hydrogens (tertiary/aromatic N) is 2. The predicted octanol–water partition coefficient (Wildman–Crippen LogP) is 5.39. The molecule has 2 heterocycles. The highest BCUT2D eigenvalue weighted by molar-refractivity contribution is 7.90. The number of likely N-dealkylation sites (tertiary alicyclic amines) is 1. The maximum absolute atomic E-state index is 14.6. The van der Waals surface area contributed by atoms with E-state index in [2.05, 4.69) is 11.1 Å². The first-order chi connectivity index (χ1) is 15.0. The van der Waals surface area contributed by atoms with Crippen molar-refractivity contribution in [3.63, 3.8) is 0 Å². The van der Waals surface area contributed by atoms with E-state index in [-0.39, 0.29) is 28.3 Å². The van der Waals surface area contributed by atoms with Gasteiger partial charge in [0.1, 0.15) is 10.8 Å². The molecule has 9 heteroatoms. The van der Waals surface area contributed by atoms with Crippen LogP contribution in [-0.2, 0) is 9.84 Å². The number of piperidine rings is 1. The number of aromatic nitrogens is 1. The van der Waals surface area contributed by atoms with Crippen molar-refractivity contribution in [2.24, 2.45) is 5.92 Å². The van der Waals surface area contributed by atoms with E-state index in [1.807, 2.05) is 26.0 Å². The Morgan fingerprint density at radius 3 is 2.62 bits per heavy atom. The number of carboxylic acid groups (broad SMARTS) is 1. The molecule has 2 atom stereocenters. The van der Waals surface area contributed by atoms with Crippen LogP contribution in [0.3, 0.4) is 0 Å². The highest BCUT2D eigenvalue weighted by Gasteiger charge is 2.34. The first-order valence-electron chi connectivity index (χ1n) is 10.4. The molecular formula is C23H25FN2O4S2. The van der Waals surface area contributed by atoms with E-state index >= 15 is 0 Å². The van der Waals surface area contributed by atoms with Gasteiger partial charge in [-0.05, 0) is 60.6 Å². The number of halogens is 1. The topological polar surface area (TPSA) is 87.6 Å². The largest absolute Gasteiger partial charge is 0.465 e. The normalized spacial score (nSPS) is 19.6. The summed E-state index contributed by atoms with van der Waals surface area (Å²) in [5, 5.41) is 10.0. The van der Waals surface area contributed by atoms with Crippen molar-refractivity contribution >= 4 is 37.5 Å². The van der Waals surface area contributed by atoms with Crippen molar-refractivity contribution in [1.29, 1.82) is 0 Å². The van der Waals surface area contributed by atoms with Crippen molar-refractivity contribution in [2.45, 2.75) is 43.5 Å². The number of carbonyl (C=O) groups is 1. The van der Waals surface area contributed by atoms with Gasteiger partial charge in [0.05, 0.1) is 15.1 Å². The Kier molecular flexibility index (Phi) is 5.98. The molecule has 4 rings (SSSR count). The van der Waals surface area contributed by atoms with E-state index in [0.29, 0.717) is 11.6 Å². The summed E-state index contributed by atoms with van der Waals surface area (Å²) in [4.78, 5) is 17.6. The summed E-state index contributed by atoms with van der Waals surface area (Å²) in [7, 11) is -3.48. The van der Waals surface area contributed by atoms with Crippen LogP contribution in [0.15, 0.2) is 41.3 Å². The van der Waals surface area contributed by atoms with Gasteiger partial charge in [-0.25, -0.2) is 22.6 Å². The van der Waals surface area contributed by atoms with Gasteiger partial charge in [0.15, 0.2) is 9.84 Å². The molecule has 0 bridgehead atoms. The van der Waals surface area contributed by atoms with E-state index in [1.165, 1.54) is 23.5 Å².